The molecule has 1 aromatic heterocycles. The standard InChI is InChI=1S/C21H25N3O2S/c1-16-3-2-4-18(13-16)23-8-10-24(11-9-23)21(25)17-5-7-22-20(14-17)26-19-6-12-27-15-19/h2-5,7,13-14,19H,6,8-12,15H2,1H3. The fraction of sp³-hybridized carbons (Fsp3) is 0.429. The second-order valence-corrected chi connectivity index (χ2v) is 8.25. The van der Waals surface area contributed by atoms with E-state index in [0.717, 1.165) is 44.1 Å². The number of aromatic nitrogens is 1. The molecule has 2 aromatic rings. The summed E-state index contributed by atoms with van der Waals surface area (Å²) < 4.78 is 5.93. The van der Waals surface area contributed by atoms with E-state index in [2.05, 4.69) is 41.1 Å². The molecule has 2 saturated heterocycles. The van der Waals surface area contributed by atoms with Crippen molar-refractivity contribution in [3.63, 3.8) is 0 Å². The minimum Gasteiger partial charge on any atom is -0.473 e. The molecule has 1 atom stereocenters. The van der Waals surface area contributed by atoms with E-state index in [4.69, 9.17) is 4.74 Å². The molecular weight excluding hydrogens is 358 g/mol. The first-order chi connectivity index (χ1) is 13.2. The van der Waals surface area contributed by atoms with Gasteiger partial charge in [-0.15, -0.1) is 0 Å². The molecule has 0 saturated carbocycles. The second kappa shape index (κ2) is 8.21. The maximum absolute atomic E-state index is 12.9. The molecule has 5 nitrogen and oxygen atoms in total. The van der Waals surface area contributed by atoms with Gasteiger partial charge in [0, 0.05) is 55.4 Å². The summed E-state index contributed by atoms with van der Waals surface area (Å²) in [5, 5.41) is 0. The lowest BCUT2D eigenvalue weighted by atomic mass is 10.1. The van der Waals surface area contributed by atoms with E-state index in [1.165, 1.54) is 11.3 Å². The van der Waals surface area contributed by atoms with E-state index < -0.39 is 0 Å². The highest BCUT2D eigenvalue weighted by Crippen LogP contribution is 2.23. The summed E-state index contributed by atoms with van der Waals surface area (Å²) in [7, 11) is 0. The van der Waals surface area contributed by atoms with Crippen molar-refractivity contribution in [2.75, 3.05) is 42.6 Å². The van der Waals surface area contributed by atoms with E-state index in [1.807, 2.05) is 16.7 Å². The highest BCUT2D eigenvalue weighted by molar-refractivity contribution is 7.99. The summed E-state index contributed by atoms with van der Waals surface area (Å²) in [6.07, 6.45) is 2.93. The number of rotatable bonds is 4. The molecule has 0 bridgehead atoms. The lowest BCUT2D eigenvalue weighted by Gasteiger charge is -2.36. The number of thioether (sulfide) groups is 1. The Hall–Kier alpha value is -2.21. The number of carbonyl (C=O) groups excluding carboxylic acids is 1. The number of hydrogen-bond acceptors (Lipinski definition) is 5. The van der Waals surface area contributed by atoms with E-state index in [1.54, 1.807) is 18.3 Å². The number of pyridine rings is 1. The molecule has 1 amide bonds. The third-order valence-corrected chi connectivity index (χ3v) is 6.22. The minimum atomic E-state index is 0.0620. The van der Waals surface area contributed by atoms with Crippen LogP contribution in [0.3, 0.4) is 0 Å². The molecule has 0 aliphatic carbocycles. The monoisotopic (exact) mass is 383 g/mol. The van der Waals surface area contributed by atoms with Crippen LogP contribution < -0.4 is 9.64 Å². The van der Waals surface area contributed by atoms with Crippen molar-refractivity contribution < 1.29 is 9.53 Å². The number of piperazine rings is 1. The molecule has 6 heteroatoms. The summed E-state index contributed by atoms with van der Waals surface area (Å²) in [6, 6.07) is 12.1. The maximum atomic E-state index is 12.9. The van der Waals surface area contributed by atoms with Crippen LogP contribution in [0.4, 0.5) is 5.69 Å². The minimum absolute atomic E-state index is 0.0620. The normalized spacial score (nSPS) is 20.0. The second-order valence-electron chi connectivity index (χ2n) is 7.10. The molecule has 3 heterocycles. The zero-order chi connectivity index (χ0) is 18.6. The molecule has 2 fully saturated rings. The first-order valence-corrected chi connectivity index (χ1v) is 10.7. The Bertz CT molecular complexity index is 800. The summed E-state index contributed by atoms with van der Waals surface area (Å²) in [5.41, 5.74) is 3.15. The smallest absolute Gasteiger partial charge is 0.254 e. The van der Waals surface area contributed by atoms with Crippen molar-refractivity contribution in [2.45, 2.75) is 19.4 Å². The number of nitrogens with zero attached hydrogens (tertiary/aromatic N) is 3. The quantitative estimate of drug-likeness (QED) is 0.811. The highest BCUT2D eigenvalue weighted by Gasteiger charge is 2.23. The zero-order valence-corrected chi connectivity index (χ0v) is 16.5. The fourth-order valence-corrected chi connectivity index (χ4v) is 4.65. The summed E-state index contributed by atoms with van der Waals surface area (Å²) in [5.74, 6) is 2.76. The topological polar surface area (TPSA) is 45.7 Å². The van der Waals surface area contributed by atoms with Gasteiger partial charge in [0.05, 0.1) is 0 Å². The Kier molecular flexibility index (Phi) is 5.53. The van der Waals surface area contributed by atoms with Crippen LogP contribution in [0, 0.1) is 6.92 Å². The van der Waals surface area contributed by atoms with Crippen molar-refractivity contribution in [3.05, 3.63) is 53.7 Å². The number of carbonyl (C=O) groups is 1. The van der Waals surface area contributed by atoms with E-state index in [9.17, 15) is 4.79 Å². The highest BCUT2D eigenvalue weighted by atomic mass is 32.2. The maximum Gasteiger partial charge on any atom is 0.254 e. The average molecular weight is 384 g/mol. The predicted molar refractivity (Wildman–Crippen MR) is 110 cm³/mol. The van der Waals surface area contributed by atoms with E-state index in [-0.39, 0.29) is 12.0 Å². The van der Waals surface area contributed by atoms with Gasteiger partial charge in [-0.1, -0.05) is 12.1 Å². The fourth-order valence-electron chi connectivity index (χ4n) is 3.56. The Balaban J connectivity index is 1.37. The van der Waals surface area contributed by atoms with Crippen LogP contribution >= 0.6 is 11.8 Å². The summed E-state index contributed by atoms with van der Waals surface area (Å²) >= 11 is 1.90. The number of benzene rings is 1. The van der Waals surface area contributed by atoms with Crippen LogP contribution in [0.15, 0.2) is 42.6 Å². The third kappa shape index (κ3) is 4.38. The average Bonchev–Trinajstić information content (AvgIpc) is 3.21. The van der Waals surface area contributed by atoms with Gasteiger partial charge in [-0.2, -0.15) is 11.8 Å². The van der Waals surface area contributed by atoms with Gasteiger partial charge in [-0.3, -0.25) is 4.79 Å². The van der Waals surface area contributed by atoms with Crippen LogP contribution in [0.25, 0.3) is 0 Å². The van der Waals surface area contributed by atoms with Gasteiger partial charge in [0.15, 0.2) is 0 Å². The molecular formula is C21H25N3O2S. The van der Waals surface area contributed by atoms with Crippen LogP contribution in [0.5, 0.6) is 5.88 Å². The molecule has 142 valence electrons. The van der Waals surface area contributed by atoms with Gasteiger partial charge in [0.25, 0.3) is 5.91 Å². The van der Waals surface area contributed by atoms with Crippen molar-refractivity contribution in [2.24, 2.45) is 0 Å². The molecule has 0 radical (unpaired) electrons. The molecule has 2 aliphatic heterocycles. The molecule has 27 heavy (non-hydrogen) atoms. The number of anilines is 1. The Morgan fingerprint density at radius 2 is 2.04 bits per heavy atom. The largest absolute Gasteiger partial charge is 0.473 e. The first kappa shape index (κ1) is 18.2. The van der Waals surface area contributed by atoms with Crippen molar-refractivity contribution >= 4 is 23.4 Å². The van der Waals surface area contributed by atoms with Gasteiger partial charge >= 0.3 is 0 Å². The van der Waals surface area contributed by atoms with Gasteiger partial charge in [0.1, 0.15) is 6.10 Å². The molecule has 4 rings (SSSR count). The number of ether oxygens (including phenoxy) is 1. The van der Waals surface area contributed by atoms with Gasteiger partial charge < -0.3 is 14.5 Å². The SMILES string of the molecule is Cc1cccc(N2CCN(C(=O)c3ccnc(OC4CCSC4)c3)CC2)c1. The van der Waals surface area contributed by atoms with Crippen LogP contribution in [0.2, 0.25) is 0 Å². The van der Waals surface area contributed by atoms with E-state index >= 15 is 0 Å². The van der Waals surface area contributed by atoms with Crippen LogP contribution in [-0.2, 0) is 0 Å². The van der Waals surface area contributed by atoms with Gasteiger partial charge in [-0.25, -0.2) is 4.98 Å². The van der Waals surface area contributed by atoms with Crippen molar-refractivity contribution in [1.82, 2.24) is 9.88 Å². The summed E-state index contributed by atoms with van der Waals surface area (Å²) in [4.78, 5) is 21.5. The Labute approximate surface area is 164 Å². The van der Waals surface area contributed by atoms with Gasteiger partial charge in [0.2, 0.25) is 5.88 Å². The lowest BCUT2D eigenvalue weighted by molar-refractivity contribution is 0.0745. The van der Waals surface area contributed by atoms with Crippen molar-refractivity contribution in [3.8, 4) is 5.88 Å². The lowest BCUT2D eigenvalue weighted by Crippen LogP contribution is -2.48. The molecule has 0 N–H and O–H groups in total. The number of aryl methyl sites for hydroxylation is 1. The molecule has 1 unspecified atom stereocenters. The predicted octanol–water partition coefficient (Wildman–Crippen LogP) is 3.24. The zero-order valence-electron chi connectivity index (χ0n) is 15.6. The molecule has 1 aromatic carbocycles. The number of hydrogen-bond donors (Lipinski definition) is 0. The Morgan fingerprint density at radius 3 is 2.78 bits per heavy atom. The van der Waals surface area contributed by atoms with Gasteiger partial charge in [-0.05, 0) is 42.9 Å². The summed E-state index contributed by atoms with van der Waals surface area (Å²) in [6.45, 7) is 5.26. The molecule has 2 aliphatic rings. The first-order valence-electron chi connectivity index (χ1n) is 9.50. The Morgan fingerprint density at radius 1 is 1.19 bits per heavy atom. The molecule has 0 spiro atoms. The van der Waals surface area contributed by atoms with Crippen molar-refractivity contribution in [1.29, 1.82) is 0 Å². The van der Waals surface area contributed by atoms with Crippen LogP contribution in [-0.4, -0.2) is 59.6 Å². The van der Waals surface area contributed by atoms with E-state index in [0.29, 0.717) is 11.4 Å². The third-order valence-electron chi connectivity index (χ3n) is 5.09. The number of amides is 1. The van der Waals surface area contributed by atoms with Crippen LogP contribution in [0.1, 0.15) is 22.3 Å².